The molecule has 6 aromatic carbocycles. The van der Waals surface area contributed by atoms with Gasteiger partial charge in [0.25, 0.3) is 0 Å². The van der Waals surface area contributed by atoms with Gasteiger partial charge in [-0.05, 0) is 46.7 Å². The number of anilines is 3. The van der Waals surface area contributed by atoms with E-state index in [1.807, 2.05) is 6.07 Å². The molecule has 204 valence electrons. The first-order chi connectivity index (χ1) is 20.5. The Hall–Kier alpha value is -5.08. The van der Waals surface area contributed by atoms with Crippen molar-refractivity contribution in [1.82, 2.24) is 0 Å². The summed E-state index contributed by atoms with van der Waals surface area (Å²) in [6.07, 6.45) is 0. The van der Waals surface area contributed by atoms with E-state index in [1.54, 1.807) is 0 Å². The van der Waals surface area contributed by atoms with E-state index in [-0.39, 0.29) is 5.41 Å². The molecule has 0 aliphatic carbocycles. The second-order valence-corrected chi connectivity index (χ2v) is 11.8. The monoisotopic (exact) mass is 543 g/mol. The number of hydrogen-bond donors (Lipinski definition) is 0. The number of furan rings is 1. The Morgan fingerprint density at radius 1 is 0.524 bits per heavy atom. The topological polar surface area (TPSA) is 16.4 Å². The van der Waals surface area contributed by atoms with Crippen molar-refractivity contribution in [3.8, 4) is 22.5 Å². The SMILES string of the molecule is CC(C)(C)c1c(-c2cccc(N(c3ccccc3-c3ccccc3)c3cccc4ccccc34)c2)oc2ccccc12. The summed E-state index contributed by atoms with van der Waals surface area (Å²) < 4.78 is 6.60. The third-order valence-electron chi connectivity index (χ3n) is 7.95. The van der Waals surface area contributed by atoms with Crippen LogP contribution in [0, 0.1) is 0 Å². The van der Waals surface area contributed by atoms with E-state index >= 15 is 0 Å². The first kappa shape index (κ1) is 25.9. The van der Waals surface area contributed by atoms with Gasteiger partial charge in [0.05, 0.1) is 11.4 Å². The zero-order valence-electron chi connectivity index (χ0n) is 24.2. The summed E-state index contributed by atoms with van der Waals surface area (Å²) in [5.74, 6) is 0.930. The second kappa shape index (κ2) is 10.4. The van der Waals surface area contributed by atoms with Gasteiger partial charge in [-0.3, -0.25) is 0 Å². The van der Waals surface area contributed by atoms with Crippen LogP contribution in [0.5, 0.6) is 0 Å². The van der Waals surface area contributed by atoms with Crippen molar-refractivity contribution in [3.05, 3.63) is 151 Å². The Labute approximate surface area is 247 Å². The minimum Gasteiger partial charge on any atom is -0.456 e. The summed E-state index contributed by atoms with van der Waals surface area (Å²) in [4.78, 5) is 2.40. The Bertz CT molecular complexity index is 2020. The lowest BCUT2D eigenvalue weighted by Gasteiger charge is -2.29. The third-order valence-corrected chi connectivity index (χ3v) is 7.95. The molecule has 0 aliphatic heterocycles. The van der Waals surface area contributed by atoms with Crippen LogP contribution >= 0.6 is 0 Å². The predicted molar refractivity (Wildman–Crippen MR) is 178 cm³/mol. The number of rotatable bonds is 5. The Balaban J connectivity index is 1.49. The first-order valence-electron chi connectivity index (χ1n) is 14.5. The van der Waals surface area contributed by atoms with Crippen LogP contribution in [-0.2, 0) is 5.41 Å². The fraction of sp³-hybridized carbons (Fsp3) is 0.100. The standard InChI is InChI=1S/C40H33NO/c1-40(2,3)38-34-23-10-12-26-37(34)42-39(38)30-19-13-20-31(27-30)41(36-25-14-18-29-17-7-8-21-33(29)36)35-24-11-9-22-32(35)28-15-5-4-6-16-28/h4-27H,1-3H3. The molecule has 42 heavy (non-hydrogen) atoms. The molecule has 0 saturated heterocycles. The summed E-state index contributed by atoms with van der Waals surface area (Å²) in [6.45, 7) is 6.78. The molecular weight excluding hydrogens is 510 g/mol. The molecule has 0 unspecified atom stereocenters. The Morgan fingerprint density at radius 2 is 1.14 bits per heavy atom. The Kier molecular flexibility index (Phi) is 6.40. The Morgan fingerprint density at radius 3 is 1.98 bits per heavy atom. The van der Waals surface area contributed by atoms with Crippen molar-refractivity contribution in [2.24, 2.45) is 0 Å². The molecule has 0 bridgehead atoms. The molecule has 7 aromatic rings. The van der Waals surface area contributed by atoms with Gasteiger partial charge in [-0.2, -0.15) is 0 Å². The van der Waals surface area contributed by atoms with E-state index < -0.39 is 0 Å². The molecule has 1 aromatic heterocycles. The van der Waals surface area contributed by atoms with Crippen LogP contribution in [0.1, 0.15) is 26.3 Å². The van der Waals surface area contributed by atoms with Crippen molar-refractivity contribution in [3.63, 3.8) is 0 Å². The van der Waals surface area contributed by atoms with Crippen LogP contribution in [0.15, 0.2) is 150 Å². The maximum Gasteiger partial charge on any atom is 0.139 e. The van der Waals surface area contributed by atoms with Crippen LogP contribution in [0.25, 0.3) is 44.2 Å². The second-order valence-electron chi connectivity index (χ2n) is 11.8. The molecule has 0 radical (unpaired) electrons. The first-order valence-corrected chi connectivity index (χ1v) is 14.5. The van der Waals surface area contributed by atoms with Gasteiger partial charge in [0, 0.05) is 33.2 Å². The van der Waals surface area contributed by atoms with Gasteiger partial charge in [0.2, 0.25) is 0 Å². The van der Waals surface area contributed by atoms with Gasteiger partial charge in [-0.25, -0.2) is 0 Å². The molecule has 1 heterocycles. The van der Waals surface area contributed by atoms with E-state index in [2.05, 4.69) is 165 Å². The van der Waals surface area contributed by atoms with Gasteiger partial charge in [-0.1, -0.05) is 136 Å². The third kappa shape index (κ3) is 4.55. The highest BCUT2D eigenvalue weighted by Gasteiger charge is 2.27. The molecule has 2 nitrogen and oxygen atoms in total. The zero-order chi connectivity index (χ0) is 28.7. The van der Waals surface area contributed by atoms with Crippen molar-refractivity contribution < 1.29 is 4.42 Å². The van der Waals surface area contributed by atoms with Crippen LogP contribution < -0.4 is 4.90 Å². The fourth-order valence-corrected chi connectivity index (χ4v) is 6.12. The molecular formula is C40H33NO. The molecule has 7 rings (SSSR count). The molecule has 0 spiro atoms. The molecule has 0 N–H and O–H groups in total. The smallest absolute Gasteiger partial charge is 0.139 e. The number of hydrogen-bond acceptors (Lipinski definition) is 2. The molecule has 2 heteroatoms. The van der Waals surface area contributed by atoms with E-state index in [1.165, 1.54) is 32.8 Å². The highest BCUT2D eigenvalue weighted by molar-refractivity contribution is 6.01. The average molecular weight is 544 g/mol. The zero-order valence-corrected chi connectivity index (χ0v) is 24.2. The number of fused-ring (bicyclic) bond motifs is 2. The summed E-state index contributed by atoms with van der Waals surface area (Å²) in [5.41, 5.74) is 8.82. The molecule has 0 amide bonds. The fourth-order valence-electron chi connectivity index (χ4n) is 6.12. The molecule has 0 aliphatic rings. The van der Waals surface area contributed by atoms with Crippen molar-refractivity contribution in [2.45, 2.75) is 26.2 Å². The van der Waals surface area contributed by atoms with Crippen molar-refractivity contribution >= 4 is 38.8 Å². The van der Waals surface area contributed by atoms with Gasteiger partial charge in [0.15, 0.2) is 0 Å². The molecule has 0 fully saturated rings. The van der Waals surface area contributed by atoms with Crippen LogP contribution in [0.2, 0.25) is 0 Å². The molecule has 0 atom stereocenters. The van der Waals surface area contributed by atoms with Gasteiger partial charge in [-0.15, -0.1) is 0 Å². The minimum atomic E-state index is -0.0901. The highest BCUT2D eigenvalue weighted by atomic mass is 16.3. The highest BCUT2D eigenvalue weighted by Crippen LogP contribution is 2.46. The lowest BCUT2D eigenvalue weighted by Crippen LogP contribution is -2.13. The van der Waals surface area contributed by atoms with Crippen molar-refractivity contribution in [1.29, 1.82) is 0 Å². The maximum absolute atomic E-state index is 6.60. The summed E-state index contributed by atoms with van der Waals surface area (Å²) >= 11 is 0. The van der Waals surface area contributed by atoms with Crippen LogP contribution in [0.4, 0.5) is 17.1 Å². The lowest BCUT2D eigenvalue weighted by molar-refractivity contribution is 0.568. The number of para-hydroxylation sites is 2. The normalized spacial score (nSPS) is 11.7. The molecule has 0 saturated carbocycles. The minimum absolute atomic E-state index is 0.0901. The number of nitrogens with zero attached hydrogens (tertiary/aromatic N) is 1. The summed E-state index contributed by atoms with van der Waals surface area (Å²) in [5, 5.41) is 3.58. The van der Waals surface area contributed by atoms with E-state index in [0.29, 0.717) is 0 Å². The van der Waals surface area contributed by atoms with E-state index in [9.17, 15) is 0 Å². The van der Waals surface area contributed by atoms with Gasteiger partial charge in [0.1, 0.15) is 11.3 Å². The summed E-state index contributed by atoms with van der Waals surface area (Å²) in [7, 11) is 0. The predicted octanol–water partition coefficient (Wildman–Crippen LogP) is 11.7. The maximum atomic E-state index is 6.60. The largest absolute Gasteiger partial charge is 0.456 e. The summed E-state index contributed by atoms with van der Waals surface area (Å²) in [6, 6.07) is 51.6. The van der Waals surface area contributed by atoms with Gasteiger partial charge >= 0.3 is 0 Å². The van der Waals surface area contributed by atoms with Crippen LogP contribution in [0.3, 0.4) is 0 Å². The van der Waals surface area contributed by atoms with Gasteiger partial charge < -0.3 is 9.32 Å². The number of benzene rings is 6. The average Bonchev–Trinajstić information content (AvgIpc) is 3.43. The van der Waals surface area contributed by atoms with Crippen LogP contribution in [-0.4, -0.2) is 0 Å². The van der Waals surface area contributed by atoms with E-state index in [4.69, 9.17) is 4.42 Å². The lowest BCUT2D eigenvalue weighted by atomic mass is 9.83. The van der Waals surface area contributed by atoms with E-state index in [0.717, 1.165) is 34.0 Å². The quantitative estimate of drug-likeness (QED) is 0.215. The van der Waals surface area contributed by atoms with Crippen molar-refractivity contribution in [2.75, 3.05) is 4.90 Å².